The first kappa shape index (κ1) is 15.6. The standard InChI is InChI=1S/C16H12F3NO2S/c1-21-9-6-11-15(12(7-9)22-2)10(13-4-3-5-23-13)8-14(20-11)16(17,18)19/h3-8H,1-2H3. The molecule has 3 rings (SSSR count). The number of halogens is 3. The van der Waals surface area contributed by atoms with Crippen LogP contribution < -0.4 is 9.47 Å². The van der Waals surface area contributed by atoms with Crippen LogP contribution in [-0.2, 0) is 6.18 Å². The fourth-order valence-electron chi connectivity index (χ4n) is 2.36. The molecule has 120 valence electrons. The Bertz CT molecular complexity index is 845. The average molecular weight is 339 g/mol. The second-order valence-electron chi connectivity index (χ2n) is 4.75. The van der Waals surface area contributed by atoms with Crippen molar-refractivity contribution in [2.45, 2.75) is 6.18 Å². The average Bonchev–Trinajstić information content (AvgIpc) is 3.05. The van der Waals surface area contributed by atoms with Gasteiger partial charge in [-0.2, -0.15) is 13.2 Å². The van der Waals surface area contributed by atoms with E-state index in [1.807, 2.05) is 5.38 Å². The molecule has 0 saturated carbocycles. The lowest BCUT2D eigenvalue weighted by Gasteiger charge is -2.14. The number of hydrogen-bond acceptors (Lipinski definition) is 4. The van der Waals surface area contributed by atoms with Gasteiger partial charge in [0.2, 0.25) is 0 Å². The van der Waals surface area contributed by atoms with Crippen LogP contribution in [0, 0.1) is 0 Å². The molecule has 0 aliphatic carbocycles. The minimum absolute atomic E-state index is 0.180. The second kappa shape index (κ2) is 5.73. The summed E-state index contributed by atoms with van der Waals surface area (Å²) in [5, 5.41) is 2.34. The van der Waals surface area contributed by atoms with Crippen LogP contribution in [0.3, 0.4) is 0 Å². The Balaban J connectivity index is 2.42. The van der Waals surface area contributed by atoms with E-state index in [0.29, 0.717) is 27.3 Å². The van der Waals surface area contributed by atoms with Crippen LogP contribution in [-0.4, -0.2) is 19.2 Å². The van der Waals surface area contributed by atoms with Gasteiger partial charge in [-0.25, -0.2) is 4.98 Å². The smallest absolute Gasteiger partial charge is 0.433 e. The van der Waals surface area contributed by atoms with Crippen LogP contribution in [0.4, 0.5) is 13.2 Å². The van der Waals surface area contributed by atoms with Crippen molar-refractivity contribution in [2.24, 2.45) is 0 Å². The van der Waals surface area contributed by atoms with Gasteiger partial charge < -0.3 is 9.47 Å². The van der Waals surface area contributed by atoms with Crippen molar-refractivity contribution in [1.29, 1.82) is 0 Å². The molecular weight excluding hydrogens is 327 g/mol. The zero-order valence-electron chi connectivity index (χ0n) is 12.3. The van der Waals surface area contributed by atoms with E-state index < -0.39 is 11.9 Å². The Morgan fingerprint density at radius 3 is 2.43 bits per heavy atom. The summed E-state index contributed by atoms with van der Waals surface area (Å²) < 4.78 is 50.0. The number of alkyl halides is 3. The lowest BCUT2D eigenvalue weighted by molar-refractivity contribution is -0.140. The zero-order chi connectivity index (χ0) is 16.6. The van der Waals surface area contributed by atoms with E-state index >= 15 is 0 Å². The molecule has 0 unspecified atom stereocenters. The molecule has 2 heterocycles. The molecule has 0 aliphatic heterocycles. The van der Waals surface area contributed by atoms with Gasteiger partial charge in [-0.3, -0.25) is 0 Å². The monoisotopic (exact) mass is 339 g/mol. The maximum Gasteiger partial charge on any atom is 0.433 e. The molecule has 0 spiro atoms. The molecule has 0 bridgehead atoms. The molecule has 0 fully saturated rings. The fourth-order valence-corrected chi connectivity index (χ4v) is 3.11. The molecule has 0 atom stereocenters. The normalized spacial score (nSPS) is 11.7. The van der Waals surface area contributed by atoms with E-state index in [1.165, 1.54) is 31.6 Å². The van der Waals surface area contributed by atoms with Crippen LogP contribution in [0.2, 0.25) is 0 Å². The highest BCUT2D eigenvalue weighted by atomic mass is 32.1. The number of rotatable bonds is 3. The van der Waals surface area contributed by atoms with E-state index in [2.05, 4.69) is 4.98 Å². The van der Waals surface area contributed by atoms with Gasteiger partial charge in [-0.15, -0.1) is 11.3 Å². The maximum atomic E-state index is 13.2. The highest BCUT2D eigenvalue weighted by Gasteiger charge is 2.34. The lowest BCUT2D eigenvalue weighted by atomic mass is 10.0. The molecule has 0 saturated heterocycles. The minimum Gasteiger partial charge on any atom is -0.497 e. The molecule has 3 aromatic rings. The summed E-state index contributed by atoms with van der Waals surface area (Å²) in [4.78, 5) is 4.47. The number of methoxy groups -OCH3 is 2. The summed E-state index contributed by atoms with van der Waals surface area (Å²) in [6.45, 7) is 0. The number of hydrogen-bond donors (Lipinski definition) is 0. The third-order valence-corrected chi connectivity index (χ3v) is 4.28. The van der Waals surface area contributed by atoms with Crippen molar-refractivity contribution in [3.05, 3.63) is 41.4 Å². The zero-order valence-corrected chi connectivity index (χ0v) is 13.1. The molecule has 1 aromatic carbocycles. The molecule has 0 radical (unpaired) electrons. The Morgan fingerprint density at radius 2 is 1.87 bits per heavy atom. The van der Waals surface area contributed by atoms with Crippen molar-refractivity contribution in [3.8, 4) is 21.9 Å². The lowest BCUT2D eigenvalue weighted by Crippen LogP contribution is -2.08. The van der Waals surface area contributed by atoms with Gasteiger partial charge in [0.25, 0.3) is 0 Å². The van der Waals surface area contributed by atoms with Gasteiger partial charge >= 0.3 is 6.18 Å². The van der Waals surface area contributed by atoms with Gasteiger partial charge in [0.15, 0.2) is 0 Å². The van der Waals surface area contributed by atoms with Crippen LogP contribution >= 0.6 is 11.3 Å². The van der Waals surface area contributed by atoms with Crippen molar-refractivity contribution >= 4 is 22.2 Å². The molecule has 0 aliphatic rings. The summed E-state index contributed by atoms with van der Waals surface area (Å²) in [6, 6.07) is 7.72. The third-order valence-electron chi connectivity index (χ3n) is 3.38. The number of benzene rings is 1. The highest BCUT2D eigenvalue weighted by molar-refractivity contribution is 7.13. The quantitative estimate of drug-likeness (QED) is 0.673. The highest BCUT2D eigenvalue weighted by Crippen LogP contribution is 2.41. The molecule has 23 heavy (non-hydrogen) atoms. The minimum atomic E-state index is -4.53. The van der Waals surface area contributed by atoms with Crippen LogP contribution in [0.1, 0.15) is 5.69 Å². The largest absolute Gasteiger partial charge is 0.497 e. The maximum absolute atomic E-state index is 13.2. The number of ether oxygens (including phenoxy) is 2. The van der Waals surface area contributed by atoms with Crippen molar-refractivity contribution in [3.63, 3.8) is 0 Å². The van der Waals surface area contributed by atoms with Crippen molar-refractivity contribution < 1.29 is 22.6 Å². The number of aromatic nitrogens is 1. The van der Waals surface area contributed by atoms with Gasteiger partial charge in [-0.05, 0) is 17.5 Å². The Labute approximate surface area is 134 Å². The summed E-state index contributed by atoms with van der Waals surface area (Å²) in [5.41, 5.74) is -0.319. The van der Waals surface area contributed by atoms with Gasteiger partial charge in [0.05, 0.1) is 25.1 Å². The summed E-state index contributed by atoms with van der Waals surface area (Å²) in [7, 11) is 2.90. The van der Waals surface area contributed by atoms with Gasteiger partial charge in [0.1, 0.15) is 17.2 Å². The van der Waals surface area contributed by atoms with Gasteiger partial charge in [-0.1, -0.05) is 6.07 Å². The van der Waals surface area contributed by atoms with E-state index in [-0.39, 0.29) is 5.52 Å². The van der Waals surface area contributed by atoms with Crippen LogP contribution in [0.15, 0.2) is 35.7 Å². The van der Waals surface area contributed by atoms with Crippen LogP contribution in [0.5, 0.6) is 11.5 Å². The molecular formula is C16H12F3NO2S. The van der Waals surface area contributed by atoms with E-state index in [1.54, 1.807) is 18.2 Å². The van der Waals surface area contributed by atoms with E-state index in [9.17, 15) is 13.2 Å². The number of pyridine rings is 1. The molecule has 2 aromatic heterocycles. The van der Waals surface area contributed by atoms with E-state index in [0.717, 1.165) is 6.07 Å². The number of thiophene rings is 1. The molecule has 0 amide bonds. The summed E-state index contributed by atoms with van der Waals surface area (Å²) >= 11 is 1.36. The first-order valence-corrected chi connectivity index (χ1v) is 7.50. The molecule has 0 N–H and O–H groups in total. The topological polar surface area (TPSA) is 31.4 Å². The first-order chi connectivity index (χ1) is 10.9. The fraction of sp³-hybridized carbons (Fsp3) is 0.188. The SMILES string of the molecule is COc1cc(OC)c2c(-c3cccs3)cc(C(F)(F)F)nc2c1. The van der Waals surface area contributed by atoms with Crippen LogP contribution in [0.25, 0.3) is 21.3 Å². The number of fused-ring (bicyclic) bond motifs is 1. The van der Waals surface area contributed by atoms with Crippen molar-refractivity contribution in [1.82, 2.24) is 4.98 Å². The third kappa shape index (κ3) is 2.84. The predicted octanol–water partition coefficient (Wildman–Crippen LogP) is 5.00. The predicted molar refractivity (Wildman–Crippen MR) is 83.2 cm³/mol. The molecule has 7 heteroatoms. The van der Waals surface area contributed by atoms with Crippen molar-refractivity contribution in [2.75, 3.05) is 14.2 Å². The Kier molecular flexibility index (Phi) is 3.89. The first-order valence-electron chi connectivity index (χ1n) is 6.62. The summed E-state index contributed by atoms with van der Waals surface area (Å²) in [6.07, 6.45) is -4.53. The molecule has 3 nitrogen and oxygen atoms in total. The van der Waals surface area contributed by atoms with Gasteiger partial charge in [0, 0.05) is 22.6 Å². The Hall–Kier alpha value is -2.28. The number of nitrogens with zero attached hydrogens (tertiary/aromatic N) is 1. The summed E-state index contributed by atoms with van der Waals surface area (Å²) in [5.74, 6) is 0.808. The Morgan fingerprint density at radius 1 is 1.09 bits per heavy atom. The van der Waals surface area contributed by atoms with E-state index in [4.69, 9.17) is 9.47 Å². The second-order valence-corrected chi connectivity index (χ2v) is 5.70.